The lowest BCUT2D eigenvalue weighted by atomic mass is 10.2. The van der Waals surface area contributed by atoms with Gasteiger partial charge in [0.15, 0.2) is 0 Å². The van der Waals surface area contributed by atoms with Crippen molar-refractivity contribution < 1.29 is 4.79 Å². The lowest BCUT2D eigenvalue weighted by Gasteiger charge is -2.12. The van der Waals surface area contributed by atoms with Crippen LogP contribution in [0.3, 0.4) is 0 Å². The van der Waals surface area contributed by atoms with E-state index in [1.165, 1.54) is 0 Å². The zero-order valence-electron chi connectivity index (χ0n) is 10.8. The van der Waals surface area contributed by atoms with E-state index >= 15 is 0 Å². The average molecular weight is 235 g/mol. The number of aryl methyl sites for hydroxylation is 1. The molecule has 0 saturated carbocycles. The molecule has 0 radical (unpaired) electrons. The second-order valence-corrected chi connectivity index (χ2v) is 4.24. The van der Waals surface area contributed by atoms with E-state index in [1.54, 1.807) is 6.20 Å². The van der Waals surface area contributed by atoms with E-state index in [-0.39, 0.29) is 11.9 Å². The Bertz CT molecular complexity index is 365. The Morgan fingerprint density at radius 3 is 2.94 bits per heavy atom. The molecule has 0 saturated heterocycles. The fraction of sp³-hybridized carbons (Fsp3) is 0.538. The highest BCUT2D eigenvalue weighted by atomic mass is 16.1. The van der Waals surface area contributed by atoms with E-state index in [2.05, 4.69) is 22.5 Å². The smallest absolute Gasteiger partial charge is 0.221 e. The highest BCUT2D eigenvalue weighted by Gasteiger charge is 2.05. The molecule has 4 heteroatoms. The summed E-state index contributed by atoms with van der Waals surface area (Å²) in [6.07, 6.45) is 5.00. The first-order valence-corrected chi connectivity index (χ1v) is 6.07. The van der Waals surface area contributed by atoms with Gasteiger partial charge in [0.2, 0.25) is 5.91 Å². The van der Waals surface area contributed by atoms with Crippen LogP contribution in [0.4, 0.5) is 5.69 Å². The van der Waals surface area contributed by atoms with Gasteiger partial charge in [-0.2, -0.15) is 0 Å². The number of pyridine rings is 1. The number of nitrogens with zero attached hydrogens (tertiary/aromatic N) is 1. The summed E-state index contributed by atoms with van der Waals surface area (Å²) in [5, 5.41) is 6.17. The molecule has 4 nitrogen and oxygen atoms in total. The van der Waals surface area contributed by atoms with Crippen molar-refractivity contribution in [2.24, 2.45) is 0 Å². The van der Waals surface area contributed by atoms with E-state index < -0.39 is 0 Å². The van der Waals surface area contributed by atoms with Crippen molar-refractivity contribution >= 4 is 11.6 Å². The monoisotopic (exact) mass is 235 g/mol. The molecule has 1 unspecified atom stereocenters. The van der Waals surface area contributed by atoms with E-state index in [0.29, 0.717) is 13.0 Å². The van der Waals surface area contributed by atoms with Gasteiger partial charge in [0.1, 0.15) is 0 Å². The summed E-state index contributed by atoms with van der Waals surface area (Å²) in [5.74, 6) is 0.0959. The summed E-state index contributed by atoms with van der Waals surface area (Å²) < 4.78 is 0. The number of hydrogen-bond acceptors (Lipinski definition) is 3. The van der Waals surface area contributed by atoms with Crippen LogP contribution in [0.5, 0.6) is 0 Å². The molecule has 17 heavy (non-hydrogen) atoms. The quantitative estimate of drug-likeness (QED) is 0.794. The molecule has 0 spiro atoms. The molecule has 2 N–H and O–H groups in total. The van der Waals surface area contributed by atoms with Gasteiger partial charge in [-0.15, -0.1) is 0 Å². The van der Waals surface area contributed by atoms with Gasteiger partial charge in [0, 0.05) is 37.1 Å². The Balaban J connectivity index is 2.29. The maximum absolute atomic E-state index is 11.5. The number of nitrogens with one attached hydrogen (secondary N) is 2. The fourth-order valence-electron chi connectivity index (χ4n) is 1.43. The number of carbonyl (C=O) groups excluding carboxylic acids is 1. The molecule has 1 atom stereocenters. The molecule has 0 aliphatic rings. The van der Waals surface area contributed by atoms with Gasteiger partial charge in [0.05, 0.1) is 0 Å². The van der Waals surface area contributed by atoms with Crippen LogP contribution < -0.4 is 10.6 Å². The van der Waals surface area contributed by atoms with Gasteiger partial charge >= 0.3 is 0 Å². The minimum Gasteiger partial charge on any atom is -0.384 e. The predicted octanol–water partition coefficient (Wildman–Crippen LogP) is 2.11. The summed E-state index contributed by atoms with van der Waals surface area (Å²) in [7, 11) is 0. The Morgan fingerprint density at radius 1 is 1.53 bits per heavy atom. The van der Waals surface area contributed by atoms with Crippen molar-refractivity contribution in [1.29, 1.82) is 0 Å². The standard InChI is InChI=1S/C13H21N3O/c1-4-11(3)16-13(17)6-8-15-12-5-7-14-9-10(12)2/h5,7,9,11H,4,6,8H2,1-3H3,(H,14,15)(H,16,17). The summed E-state index contributed by atoms with van der Waals surface area (Å²) >= 11 is 0. The van der Waals surface area contributed by atoms with Crippen LogP contribution in [0.1, 0.15) is 32.3 Å². The summed E-state index contributed by atoms with van der Waals surface area (Å²) in [6, 6.07) is 2.17. The Hall–Kier alpha value is -1.58. The minimum absolute atomic E-state index is 0.0959. The zero-order chi connectivity index (χ0) is 12.7. The van der Waals surface area contributed by atoms with Gasteiger partial charge in [-0.25, -0.2) is 0 Å². The van der Waals surface area contributed by atoms with E-state index in [4.69, 9.17) is 0 Å². The molecule has 0 aliphatic heterocycles. The first kappa shape index (κ1) is 13.5. The Morgan fingerprint density at radius 2 is 2.29 bits per heavy atom. The summed E-state index contributed by atoms with van der Waals surface area (Å²) in [4.78, 5) is 15.5. The number of hydrogen-bond donors (Lipinski definition) is 2. The van der Waals surface area contributed by atoms with Crippen molar-refractivity contribution in [3.8, 4) is 0 Å². The van der Waals surface area contributed by atoms with E-state index in [9.17, 15) is 4.79 Å². The number of aromatic nitrogens is 1. The third-order valence-corrected chi connectivity index (χ3v) is 2.71. The van der Waals surface area contributed by atoms with Crippen LogP contribution in [-0.4, -0.2) is 23.5 Å². The van der Waals surface area contributed by atoms with Crippen molar-refractivity contribution in [2.45, 2.75) is 39.7 Å². The lowest BCUT2D eigenvalue weighted by Crippen LogP contribution is -2.32. The van der Waals surface area contributed by atoms with Gasteiger partial charge < -0.3 is 10.6 Å². The molecule has 0 bridgehead atoms. The van der Waals surface area contributed by atoms with Crippen LogP contribution in [0.25, 0.3) is 0 Å². The average Bonchev–Trinajstić information content (AvgIpc) is 2.31. The second kappa shape index (κ2) is 6.89. The van der Waals surface area contributed by atoms with Crippen LogP contribution in [0.2, 0.25) is 0 Å². The largest absolute Gasteiger partial charge is 0.384 e. The molecule has 1 aromatic rings. The van der Waals surface area contributed by atoms with Crippen molar-refractivity contribution in [2.75, 3.05) is 11.9 Å². The van der Waals surface area contributed by atoms with Gasteiger partial charge in [0.25, 0.3) is 0 Å². The molecule has 0 aliphatic carbocycles. The normalized spacial score (nSPS) is 11.9. The summed E-state index contributed by atoms with van der Waals surface area (Å²) in [5.41, 5.74) is 2.13. The van der Waals surface area contributed by atoms with E-state index in [0.717, 1.165) is 17.7 Å². The molecule has 94 valence electrons. The molecule has 1 amide bonds. The zero-order valence-corrected chi connectivity index (χ0v) is 10.8. The second-order valence-electron chi connectivity index (χ2n) is 4.24. The van der Waals surface area contributed by atoms with Crippen LogP contribution >= 0.6 is 0 Å². The minimum atomic E-state index is 0.0959. The van der Waals surface area contributed by atoms with Gasteiger partial charge in [-0.05, 0) is 31.9 Å². The Kier molecular flexibility index (Phi) is 5.46. The van der Waals surface area contributed by atoms with Crippen molar-refractivity contribution in [3.63, 3.8) is 0 Å². The third-order valence-electron chi connectivity index (χ3n) is 2.71. The highest BCUT2D eigenvalue weighted by Crippen LogP contribution is 2.10. The topological polar surface area (TPSA) is 54.0 Å². The van der Waals surface area contributed by atoms with Crippen molar-refractivity contribution in [1.82, 2.24) is 10.3 Å². The van der Waals surface area contributed by atoms with Gasteiger partial charge in [-0.1, -0.05) is 6.92 Å². The van der Waals surface area contributed by atoms with Gasteiger partial charge in [-0.3, -0.25) is 9.78 Å². The number of anilines is 1. The summed E-state index contributed by atoms with van der Waals surface area (Å²) in [6.45, 7) is 6.71. The molecule has 0 aromatic carbocycles. The number of rotatable bonds is 6. The number of carbonyl (C=O) groups is 1. The molecular weight excluding hydrogens is 214 g/mol. The maximum atomic E-state index is 11.5. The predicted molar refractivity (Wildman–Crippen MR) is 70.0 cm³/mol. The molecule has 1 rings (SSSR count). The molecule has 1 aromatic heterocycles. The lowest BCUT2D eigenvalue weighted by molar-refractivity contribution is -0.121. The van der Waals surface area contributed by atoms with Crippen LogP contribution in [0.15, 0.2) is 18.5 Å². The maximum Gasteiger partial charge on any atom is 0.221 e. The van der Waals surface area contributed by atoms with Crippen LogP contribution in [0, 0.1) is 6.92 Å². The SMILES string of the molecule is CCC(C)NC(=O)CCNc1ccncc1C. The molecular formula is C13H21N3O. The number of amides is 1. The first-order chi connectivity index (χ1) is 8.13. The Labute approximate surface area is 103 Å². The molecule has 0 fully saturated rings. The van der Waals surface area contributed by atoms with E-state index in [1.807, 2.05) is 26.1 Å². The van der Waals surface area contributed by atoms with Crippen LogP contribution in [-0.2, 0) is 4.79 Å². The highest BCUT2D eigenvalue weighted by molar-refractivity contribution is 5.76. The molecule has 1 heterocycles. The van der Waals surface area contributed by atoms with Crippen molar-refractivity contribution in [3.05, 3.63) is 24.0 Å². The third kappa shape index (κ3) is 4.85. The first-order valence-electron chi connectivity index (χ1n) is 6.07. The fourth-order valence-corrected chi connectivity index (χ4v) is 1.43.